The SMILES string of the molecule is N#Cc1c(SCC(=O)c2ccccc2)nc(N2CCCC2)c2c1CCCC2. The Hall–Kier alpha value is -2.32. The molecule has 2 heterocycles. The van der Waals surface area contributed by atoms with Crippen LogP contribution in [0.5, 0.6) is 0 Å². The molecule has 0 bridgehead atoms. The molecule has 1 aliphatic heterocycles. The third kappa shape index (κ3) is 3.72. The fourth-order valence-electron chi connectivity index (χ4n) is 4.03. The molecule has 1 aliphatic carbocycles. The molecule has 138 valence electrons. The Morgan fingerprint density at radius 3 is 2.48 bits per heavy atom. The van der Waals surface area contributed by atoms with Crippen LogP contribution in [0.2, 0.25) is 0 Å². The topological polar surface area (TPSA) is 57.0 Å². The smallest absolute Gasteiger partial charge is 0.173 e. The number of nitrogens with zero attached hydrogens (tertiary/aromatic N) is 3. The summed E-state index contributed by atoms with van der Waals surface area (Å²) in [5.41, 5.74) is 3.86. The molecule has 1 aromatic carbocycles. The minimum absolute atomic E-state index is 0.0757. The monoisotopic (exact) mass is 377 g/mol. The summed E-state index contributed by atoms with van der Waals surface area (Å²) >= 11 is 1.41. The van der Waals surface area contributed by atoms with Crippen molar-refractivity contribution in [1.29, 1.82) is 5.26 Å². The van der Waals surface area contributed by atoms with Crippen molar-refractivity contribution in [3.05, 3.63) is 52.6 Å². The van der Waals surface area contributed by atoms with Gasteiger partial charge in [0, 0.05) is 18.7 Å². The van der Waals surface area contributed by atoms with Crippen LogP contribution in [-0.4, -0.2) is 29.6 Å². The fraction of sp³-hybridized carbons (Fsp3) is 0.409. The highest BCUT2D eigenvalue weighted by molar-refractivity contribution is 8.00. The molecule has 1 fully saturated rings. The van der Waals surface area contributed by atoms with Crippen LogP contribution < -0.4 is 4.90 Å². The Balaban J connectivity index is 1.66. The molecule has 5 heteroatoms. The zero-order chi connectivity index (χ0) is 18.6. The second-order valence-corrected chi connectivity index (χ2v) is 8.13. The summed E-state index contributed by atoms with van der Waals surface area (Å²) < 4.78 is 0. The van der Waals surface area contributed by atoms with E-state index in [1.54, 1.807) is 0 Å². The van der Waals surface area contributed by atoms with Crippen molar-refractivity contribution in [2.24, 2.45) is 0 Å². The van der Waals surface area contributed by atoms with Crippen LogP contribution in [-0.2, 0) is 12.8 Å². The molecule has 0 spiro atoms. The van der Waals surface area contributed by atoms with E-state index in [4.69, 9.17) is 4.98 Å². The standard InChI is InChI=1S/C22H23N3OS/c23-14-19-17-10-4-5-11-18(17)21(25-12-6-7-13-25)24-22(19)27-15-20(26)16-8-2-1-3-9-16/h1-3,8-9H,4-7,10-13,15H2. The van der Waals surface area contributed by atoms with Gasteiger partial charge in [-0.1, -0.05) is 42.1 Å². The average Bonchev–Trinajstić information content (AvgIpc) is 3.26. The van der Waals surface area contributed by atoms with Crippen molar-refractivity contribution in [3.8, 4) is 6.07 Å². The zero-order valence-electron chi connectivity index (χ0n) is 15.4. The van der Waals surface area contributed by atoms with Gasteiger partial charge in [0.05, 0.1) is 11.3 Å². The summed E-state index contributed by atoms with van der Waals surface area (Å²) in [5, 5.41) is 10.5. The van der Waals surface area contributed by atoms with Gasteiger partial charge in [0.1, 0.15) is 16.9 Å². The maximum Gasteiger partial charge on any atom is 0.173 e. The van der Waals surface area contributed by atoms with E-state index in [-0.39, 0.29) is 5.78 Å². The number of aromatic nitrogens is 1. The van der Waals surface area contributed by atoms with Gasteiger partial charge in [-0.15, -0.1) is 0 Å². The van der Waals surface area contributed by atoms with E-state index in [9.17, 15) is 10.1 Å². The summed E-state index contributed by atoms with van der Waals surface area (Å²) in [5.74, 6) is 1.45. The van der Waals surface area contributed by atoms with Crippen LogP contribution in [0.3, 0.4) is 0 Å². The summed E-state index contributed by atoms with van der Waals surface area (Å²) in [4.78, 5) is 19.8. The molecule has 0 saturated carbocycles. The predicted octanol–water partition coefficient (Wildman–Crippen LogP) is 4.41. The van der Waals surface area contributed by atoms with E-state index >= 15 is 0 Å². The van der Waals surface area contributed by atoms with Gasteiger partial charge in [0.2, 0.25) is 0 Å². The minimum atomic E-state index is 0.0757. The van der Waals surface area contributed by atoms with Crippen LogP contribution in [0.1, 0.15) is 52.7 Å². The van der Waals surface area contributed by atoms with E-state index in [1.165, 1.54) is 42.2 Å². The number of thioether (sulfide) groups is 1. The second-order valence-electron chi connectivity index (χ2n) is 7.16. The average molecular weight is 378 g/mol. The molecule has 2 aliphatic rings. The molecular weight excluding hydrogens is 354 g/mol. The number of fused-ring (bicyclic) bond motifs is 1. The van der Waals surface area contributed by atoms with E-state index in [0.29, 0.717) is 16.9 Å². The van der Waals surface area contributed by atoms with Gasteiger partial charge in [0.25, 0.3) is 0 Å². The first-order valence-electron chi connectivity index (χ1n) is 9.70. The zero-order valence-corrected chi connectivity index (χ0v) is 16.2. The van der Waals surface area contributed by atoms with Crippen LogP contribution in [0.15, 0.2) is 35.4 Å². The lowest BCUT2D eigenvalue weighted by Gasteiger charge is -2.27. The first kappa shape index (κ1) is 18.1. The number of nitriles is 1. The van der Waals surface area contributed by atoms with E-state index in [2.05, 4.69) is 11.0 Å². The van der Waals surface area contributed by atoms with Crippen molar-refractivity contribution in [2.75, 3.05) is 23.7 Å². The molecule has 1 saturated heterocycles. The van der Waals surface area contributed by atoms with Crippen molar-refractivity contribution >= 4 is 23.4 Å². The maximum atomic E-state index is 12.5. The normalized spacial score (nSPS) is 16.0. The predicted molar refractivity (Wildman–Crippen MR) is 109 cm³/mol. The molecule has 0 amide bonds. The van der Waals surface area contributed by atoms with Gasteiger partial charge >= 0.3 is 0 Å². The van der Waals surface area contributed by atoms with E-state index in [0.717, 1.165) is 43.2 Å². The molecule has 1 aromatic heterocycles. The Morgan fingerprint density at radius 1 is 1.07 bits per heavy atom. The van der Waals surface area contributed by atoms with Crippen LogP contribution in [0.4, 0.5) is 5.82 Å². The third-order valence-corrected chi connectivity index (χ3v) is 6.39. The Bertz CT molecular complexity index is 883. The number of ketones is 1. The fourth-order valence-corrected chi connectivity index (χ4v) is 4.93. The van der Waals surface area contributed by atoms with Crippen molar-refractivity contribution in [1.82, 2.24) is 4.98 Å². The number of benzene rings is 1. The molecule has 0 N–H and O–H groups in total. The largest absolute Gasteiger partial charge is 0.356 e. The Morgan fingerprint density at radius 2 is 1.78 bits per heavy atom. The summed E-state index contributed by atoms with van der Waals surface area (Å²) in [6.45, 7) is 2.08. The number of hydrogen-bond acceptors (Lipinski definition) is 5. The Kier molecular flexibility index (Phi) is 5.45. The van der Waals surface area contributed by atoms with Gasteiger partial charge < -0.3 is 4.90 Å². The summed E-state index contributed by atoms with van der Waals surface area (Å²) in [6, 6.07) is 11.7. The van der Waals surface area contributed by atoms with Gasteiger partial charge in [-0.05, 0) is 49.7 Å². The number of hydrogen-bond donors (Lipinski definition) is 0. The van der Waals surface area contributed by atoms with Gasteiger partial charge in [0.15, 0.2) is 5.78 Å². The number of rotatable bonds is 5. The van der Waals surface area contributed by atoms with Crippen molar-refractivity contribution in [3.63, 3.8) is 0 Å². The van der Waals surface area contributed by atoms with E-state index in [1.807, 2.05) is 30.3 Å². The van der Waals surface area contributed by atoms with E-state index < -0.39 is 0 Å². The number of carbonyl (C=O) groups is 1. The lowest BCUT2D eigenvalue weighted by Crippen LogP contribution is -2.23. The van der Waals surface area contributed by atoms with Crippen LogP contribution in [0.25, 0.3) is 0 Å². The van der Waals surface area contributed by atoms with Gasteiger partial charge in [-0.3, -0.25) is 4.79 Å². The quantitative estimate of drug-likeness (QED) is 0.571. The Labute approximate surface area is 164 Å². The molecule has 2 aromatic rings. The van der Waals surface area contributed by atoms with Crippen molar-refractivity contribution in [2.45, 2.75) is 43.6 Å². The number of pyridine rings is 1. The lowest BCUT2D eigenvalue weighted by molar-refractivity contribution is 0.102. The number of Topliss-reactive ketones (excluding diaryl/α,β-unsaturated/α-hetero) is 1. The number of carbonyl (C=O) groups excluding carboxylic acids is 1. The highest BCUT2D eigenvalue weighted by Crippen LogP contribution is 2.37. The molecule has 27 heavy (non-hydrogen) atoms. The first-order valence-corrected chi connectivity index (χ1v) is 10.7. The second kappa shape index (κ2) is 8.14. The minimum Gasteiger partial charge on any atom is -0.356 e. The van der Waals surface area contributed by atoms with Gasteiger partial charge in [-0.25, -0.2) is 4.98 Å². The highest BCUT2D eigenvalue weighted by Gasteiger charge is 2.26. The maximum absolute atomic E-state index is 12.5. The van der Waals surface area contributed by atoms with Gasteiger partial charge in [-0.2, -0.15) is 5.26 Å². The van der Waals surface area contributed by atoms with Crippen LogP contribution in [0, 0.1) is 11.3 Å². The molecule has 4 nitrogen and oxygen atoms in total. The third-order valence-electron chi connectivity index (χ3n) is 5.41. The highest BCUT2D eigenvalue weighted by atomic mass is 32.2. The summed E-state index contributed by atoms with van der Waals surface area (Å²) in [7, 11) is 0. The van der Waals surface area contributed by atoms with Crippen LogP contribution >= 0.6 is 11.8 Å². The number of anilines is 1. The molecular formula is C22H23N3OS. The lowest BCUT2D eigenvalue weighted by atomic mass is 9.89. The molecule has 0 atom stereocenters. The summed E-state index contributed by atoms with van der Waals surface area (Å²) in [6.07, 6.45) is 6.65. The first-order chi connectivity index (χ1) is 13.3. The molecule has 0 radical (unpaired) electrons. The molecule has 0 unspecified atom stereocenters. The van der Waals surface area contributed by atoms with Crippen molar-refractivity contribution < 1.29 is 4.79 Å². The molecule has 4 rings (SSSR count).